The normalized spacial score (nSPS) is 36.3. The highest BCUT2D eigenvalue weighted by atomic mass is 16.4. The number of aromatic nitrogens is 2. The zero-order valence-electron chi connectivity index (χ0n) is 13.7. The van der Waals surface area contributed by atoms with Gasteiger partial charge in [0.25, 0.3) is 0 Å². The largest absolute Gasteiger partial charge is 0.480 e. The van der Waals surface area contributed by atoms with Gasteiger partial charge in [-0.15, -0.1) is 0 Å². The van der Waals surface area contributed by atoms with E-state index in [2.05, 4.69) is 9.55 Å². The van der Waals surface area contributed by atoms with E-state index in [4.69, 9.17) is 10.8 Å². The van der Waals surface area contributed by atoms with Gasteiger partial charge in [0, 0.05) is 24.9 Å². The van der Waals surface area contributed by atoms with Crippen molar-refractivity contribution in [3.8, 4) is 0 Å². The number of imidazole rings is 1. The molecule has 0 radical (unpaired) electrons. The van der Waals surface area contributed by atoms with E-state index >= 15 is 0 Å². The van der Waals surface area contributed by atoms with Crippen LogP contribution in [0.4, 0.5) is 0 Å². The van der Waals surface area contributed by atoms with Crippen molar-refractivity contribution in [1.29, 1.82) is 0 Å². The molecule has 0 aliphatic heterocycles. The second-order valence-corrected chi connectivity index (χ2v) is 8.39. The fraction of sp³-hybridized carbons (Fsp3) is 0.778. The van der Waals surface area contributed by atoms with Crippen LogP contribution in [0.3, 0.4) is 0 Å². The SMILES string of the molecule is N[C@@H](Cc1cncn1CCC12CC3CC(CC(C3)C1)C2)C(=O)O. The van der Waals surface area contributed by atoms with Gasteiger partial charge in [0.15, 0.2) is 0 Å². The first-order valence-corrected chi connectivity index (χ1v) is 9.00. The van der Waals surface area contributed by atoms with Crippen LogP contribution in [0, 0.1) is 23.2 Å². The predicted octanol–water partition coefficient (Wildman–Crippen LogP) is 2.44. The molecular weight excluding hydrogens is 290 g/mol. The molecule has 0 amide bonds. The third-order valence-electron chi connectivity index (χ3n) is 6.59. The van der Waals surface area contributed by atoms with Crippen molar-refractivity contribution >= 4 is 5.97 Å². The van der Waals surface area contributed by atoms with E-state index in [-0.39, 0.29) is 0 Å². The van der Waals surface area contributed by atoms with Crippen molar-refractivity contribution in [2.45, 2.75) is 64.0 Å². The molecule has 4 saturated carbocycles. The van der Waals surface area contributed by atoms with Gasteiger partial charge in [-0.05, 0) is 68.1 Å². The summed E-state index contributed by atoms with van der Waals surface area (Å²) < 4.78 is 2.13. The van der Waals surface area contributed by atoms with E-state index in [0.29, 0.717) is 11.8 Å². The summed E-state index contributed by atoms with van der Waals surface area (Å²) in [5.41, 5.74) is 7.17. The predicted molar refractivity (Wildman–Crippen MR) is 86.8 cm³/mol. The lowest BCUT2D eigenvalue weighted by molar-refractivity contribution is -0.138. The standard InChI is InChI=1S/C18H27N3O2/c19-16(17(22)23)6-15-10-20-11-21(15)2-1-18-7-12-3-13(8-18)5-14(4-12)9-18/h10-14,16H,1-9,19H2,(H,22,23)/t12?,13?,14?,16-,18?/m0/s1. The van der Waals surface area contributed by atoms with Crippen molar-refractivity contribution < 1.29 is 9.90 Å². The number of carboxylic acids is 1. The van der Waals surface area contributed by atoms with Crippen LogP contribution in [0.15, 0.2) is 12.5 Å². The minimum absolute atomic E-state index is 0.357. The first kappa shape index (κ1) is 15.2. The number of rotatable bonds is 6. The molecular formula is C18H27N3O2. The average Bonchev–Trinajstić information content (AvgIpc) is 2.91. The number of hydrogen-bond donors (Lipinski definition) is 2. The summed E-state index contributed by atoms with van der Waals surface area (Å²) in [6.45, 7) is 0.952. The Kier molecular flexibility index (Phi) is 3.71. The first-order valence-electron chi connectivity index (χ1n) is 9.00. The van der Waals surface area contributed by atoms with Gasteiger partial charge >= 0.3 is 5.97 Å². The van der Waals surface area contributed by atoms with E-state index in [1.165, 1.54) is 44.9 Å². The van der Waals surface area contributed by atoms with Gasteiger partial charge < -0.3 is 15.4 Å². The Bertz CT molecular complexity index is 560. The van der Waals surface area contributed by atoms with E-state index in [9.17, 15) is 4.79 Å². The Hall–Kier alpha value is -1.36. The highest BCUT2D eigenvalue weighted by Gasteiger charge is 2.50. The summed E-state index contributed by atoms with van der Waals surface area (Å²) in [4.78, 5) is 15.2. The van der Waals surface area contributed by atoms with Gasteiger partial charge in [-0.1, -0.05) is 0 Å². The zero-order valence-corrected chi connectivity index (χ0v) is 13.7. The minimum Gasteiger partial charge on any atom is -0.480 e. The lowest BCUT2D eigenvalue weighted by atomic mass is 9.49. The minimum atomic E-state index is -0.946. The third-order valence-corrected chi connectivity index (χ3v) is 6.59. The molecule has 4 aliphatic rings. The van der Waals surface area contributed by atoms with Crippen LogP contribution in [-0.4, -0.2) is 26.7 Å². The van der Waals surface area contributed by atoms with Crippen molar-refractivity contribution in [2.75, 3.05) is 0 Å². The van der Waals surface area contributed by atoms with Gasteiger partial charge in [0.2, 0.25) is 0 Å². The third kappa shape index (κ3) is 2.91. The summed E-state index contributed by atoms with van der Waals surface area (Å²) in [5.74, 6) is 1.98. The molecule has 23 heavy (non-hydrogen) atoms. The van der Waals surface area contributed by atoms with E-state index in [1.54, 1.807) is 6.20 Å². The van der Waals surface area contributed by atoms with Gasteiger partial charge in [-0.3, -0.25) is 4.79 Å². The monoisotopic (exact) mass is 317 g/mol. The van der Waals surface area contributed by atoms with E-state index < -0.39 is 12.0 Å². The molecule has 5 nitrogen and oxygen atoms in total. The molecule has 5 rings (SSSR count). The van der Waals surface area contributed by atoms with E-state index in [1.807, 2.05) is 6.33 Å². The summed E-state index contributed by atoms with van der Waals surface area (Å²) in [5, 5.41) is 9.00. The molecule has 3 N–H and O–H groups in total. The fourth-order valence-corrected chi connectivity index (χ4v) is 5.99. The number of aliphatic carboxylic acids is 1. The summed E-state index contributed by atoms with van der Waals surface area (Å²) >= 11 is 0. The van der Waals surface area contributed by atoms with Crippen LogP contribution in [-0.2, 0) is 17.8 Å². The van der Waals surface area contributed by atoms with Crippen LogP contribution in [0.2, 0.25) is 0 Å². The van der Waals surface area contributed by atoms with Crippen LogP contribution < -0.4 is 5.73 Å². The molecule has 4 aliphatic carbocycles. The second-order valence-electron chi connectivity index (χ2n) is 8.39. The van der Waals surface area contributed by atoms with Gasteiger partial charge in [0.05, 0.1) is 6.33 Å². The number of aryl methyl sites for hydroxylation is 1. The number of nitrogens with two attached hydrogens (primary N) is 1. The van der Waals surface area contributed by atoms with Crippen LogP contribution in [0.5, 0.6) is 0 Å². The average molecular weight is 317 g/mol. The molecule has 0 saturated heterocycles. The number of hydrogen-bond acceptors (Lipinski definition) is 3. The highest BCUT2D eigenvalue weighted by molar-refractivity contribution is 5.73. The molecule has 5 heteroatoms. The lowest BCUT2D eigenvalue weighted by Crippen LogP contribution is -2.46. The number of carboxylic acid groups (broad SMARTS) is 1. The molecule has 0 aromatic carbocycles. The van der Waals surface area contributed by atoms with Crippen molar-refractivity contribution in [3.63, 3.8) is 0 Å². The summed E-state index contributed by atoms with van der Waals surface area (Å²) in [7, 11) is 0. The van der Waals surface area contributed by atoms with Gasteiger partial charge in [0.1, 0.15) is 6.04 Å². The maximum atomic E-state index is 11.0. The van der Waals surface area contributed by atoms with Crippen molar-refractivity contribution in [3.05, 3.63) is 18.2 Å². The summed E-state index contributed by atoms with van der Waals surface area (Å²) in [6, 6.07) is -0.843. The quantitative estimate of drug-likeness (QED) is 0.844. The van der Waals surface area contributed by atoms with Gasteiger partial charge in [-0.25, -0.2) is 4.98 Å². The molecule has 1 heterocycles. The number of nitrogens with zero attached hydrogens (tertiary/aromatic N) is 2. The molecule has 4 fully saturated rings. The van der Waals surface area contributed by atoms with Gasteiger partial charge in [-0.2, -0.15) is 0 Å². The van der Waals surface area contributed by atoms with Crippen molar-refractivity contribution in [2.24, 2.45) is 28.9 Å². The first-order chi connectivity index (χ1) is 11.0. The molecule has 1 aromatic rings. The highest BCUT2D eigenvalue weighted by Crippen LogP contribution is 2.61. The van der Waals surface area contributed by atoms with E-state index in [0.717, 1.165) is 30.0 Å². The van der Waals surface area contributed by atoms with Crippen molar-refractivity contribution in [1.82, 2.24) is 9.55 Å². The fourth-order valence-electron chi connectivity index (χ4n) is 5.99. The second kappa shape index (κ2) is 5.62. The van der Waals surface area contributed by atoms with Crippen LogP contribution in [0.25, 0.3) is 0 Å². The Morgan fingerprint density at radius 3 is 2.48 bits per heavy atom. The molecule has 1 atom stereocenters. The molecule has 1 aromatic heterocycles. The maximum absolute atomic E-state index is 11.0. The number of carbonyl (C=O) groups is 1. The van der Waals surface area contributed by atoms with Crippen LogP contribution >= 0.6 is 0 Å². The zero-order chi connectivity index (χ0) is 16.0. The summed E-state index contributed by atoms with van der Waals surface area (Å²) in [6.07, 6.45) is 13.8. The molecule has 0 unspecified atom stereocenters. The maximum Gasteiger partial charge on any atom is 0.320 e. The topological polar surface area (TPSA) is 81.1 Å². The Labute approximate surface area is 137 Å². The molecule has 126 valence electrons. The van der Waals surface area contributed by atoms with Crippen LogP contribution in [0.1, 0.15) is 50.6 Å². The Balaban J connectivity index is 1.42. The smallest absolute Gasteiger partial charge is 0.320 e. The lowest BCUT2D eigenvalue weighted by Gasteiger charge is -2.57. The Morgan fingerprint density at radius 2 is 1.91 bits per heavy atom. The molecule has 4 bridgehead atoms. The Morgan fingerprint density at radius 1 is 1.30 bits per heavy atom. The molecule has 0 spiro atoms.